The van der Waals surface area contributed by atoms with Crippen LogP contribution in [0.3, 0.4) is 0 Å². The Morgan fingerprint density at radius 2 is 1.78 bits per heavy atom. The third-order valence-electron chi connectivity index (χ3n) is 2.85. The lowest BCUT2D eigenvalue weighted by molar-refractivity contribution is -0.138. The van der Waals surface area contributed by atoms with Crippen molar-refractivity contribution in [1.82, 2.24) is 5.32 Å². The lowest BCUT2D eigenvalue weighted by Gasteiger charge is -2.20. The predicted octanol–water partition coefficient (Wildman–Crippen LogP) is 1.22. The van der Waals surface area contributed by atoms with E-state index in [9.17, 15) is 9.59 Å². The Labute approximate surface area is 109 Å². The number of nitrogens with one attached hydrogen (secondary N) is 1. The van der Waals surface area contributed by atoms with Crippen LogP contribution in [-0.2, 0) is 9.59 Å². The van der Waals surface area contributed by atoms with Crippen molar-refractivity contribution in [2.75, 3.05) is 6.54 Å². The summed E-state index contributed by atoms with van der Waals surface area (Å²) in [4.78, 5) is 22.4. The van der Waals surface area contributed by atoms with Crippen molar-refractivity contribution < 1.29 is 14.7 Å². The van der Waals surface area contributed by atoms with Gasteiger partial charge in [0.05, 0.1) is 6.04 Å². The van der Waals surface area contributed by atoms with Crippen molar-refractivity contribution in [1.29, 1.82) is 0 Å². The largest absolute Gasteiger partial charge is 0.481 e. The SMILES string of the molecule is CC(C)C[C@H](CNC(=O)C(N)C(C)C)CC(=O)O. The molecule has 1 amide bonds. The number of hydrogen-bond acceptors (Lipinski definition) is 3. The van der Waals surface area contributed by atoms with Gasteiger partial charge >= 0.3 is 5.97 Å². The van der Waals surface area contributed by atoms with Crippen molar-refractivity contribution in [3.05, 3.63) is 0 Å². The van der Waals surface area contributed by atoms with Crippen LogP contribution in [0.15, 0.2) is 0 Å². The summed E-state index contributed by atoms with van der Waals surface area (Å²) >= 11 is 0. The Morgan fingerprint density at radius 1 is 1.22 bits per heavy atom. The maximum atomic E-state index is 11.7. The first-order valence-corrected chi connectivity index (χ1v) is 6.49. The van der Waals surface area contributed by atoms with Gasteiger partial charge in [-0.05, 0) is 24.2 Å². The van der Waals surface area contributed by atoms with Crippen molar-refractivity contribution in [3.8, 4) is 0 Å². The summed E-state index contributed by atoms with van der Waals surface area (Å²) in [5, 5.41) is 11.6. The molecule has 0 radical (unpaired) electrons. The molecule has 0 fully saturated rings. The van der Waals surface area contributed by atoms with Crippen molar-refractivity contribution in [2.45, 2.75) is 46.6 Å². The number of carboxylic acids is 1. The highest BCUT2D eigenvalue weighted by Gasteiger charge is 2.20. The van der Waals surface area contributed by atoms with Crippen LogP contribution in [0.25, 0.3) is 0 Å². The van der Waals surface area contributed by atoms with Gasteiger partial charge in [-0.25, -0.2) is 0 Å². The van der Waals surface area contributed by atoms with E-state index in [1.165, 1.54) is 0 Å². The number of amides is 1. The number of hydrogen-bond donors (Lipinski definition) is 3. The second-order valence-corrected chi connectivity index (χ2v) is 5.61. The van der Waals surface area contributed by atoms with Gasteiger partial charge in [0.25, 0.3) is 0 Å². The summed E-state index contributed by atoms with van der Waals surface area (Å²) in [6, 6.07) is -0.533. The molecule has 18 heavy (non-hydrogen) atoms. The second kappa shape index (κ2) is 8.08. The first-order chi connectivity index (χ1) is 8.23. The fraction of sp³-hybridized carbons (Fsp3) is 0.846. The molecule has 0 bridgehead atoms. The Bertz CT molecular complexity index is 277. The third kappa shape index (κ3) is 7.27. The Hall–Kier alpha value is -1.10. The summed E-state index contributed by atoms with van der Waals surface area (Å²) in [5.41, 5.74) is 5.72. The number of carbonyl (C=O) groups is 2. The van der Waals surface area contributed by atoms with Crippen LogP contribution in [0.2, 0.25) is 0 Å². The van der Waals surface area contributed by atoms with Gasteiger partial charge in [0.1, 0.15) is 0 Å². The monoisotopic (exact) mass is 258 g/mol. The van der Waals surface area contributed by atoms with Crippen LogP contribution in [0.4, 0.5) is 0 Å². The molecule has 0 aromatic carbocycles. The van der Waals surface area contributed by atoms with Gasteiger partial charge in [-0.1, -0.05) is 27.7 Å². The normalized spacial score (nSPS) is 14.6. The molecule has 5 nitrogen and oxygen atoms in total. The summed E-state index contributed by atoms with van der Waals surface area (Å²) in [6.07, 6.45) is 0.860. The van der Waals surface area contributed by atoms with E-state index in [0.29, 0.717) is 12.5 Å². The number of aliphatic carboxylic acids is 1. The van der Waals surface area contributed by atoms with E-state index in [-0.39, 0.29) is 24.2 Å². The lowest BCUT2D eigenvalue weighted by atomic mass is 9.94. The minimum absolute atomic E-state index is 0.0363. The van der Waals surface area contributed by atoms with Crippen LogP contribution < -0.4 is 11.1 Å². The van der Waals surface area contributed by atoms with Crippen LogP contribution >= 0.6 is 0 Å². The number of rotatable bonds is 8. The standard InChI is InChI=1S/C13H26N2O3/c1-8(2)5-10(6-11(16)17)7-15-13(18)12(14)9(3)4/h8-10,12H,5-7,14H2,1-4H3,(H,15,18)(H,16,17)/t10-,12?/m0/s1. The van der Waals surface area contributed by atoms with Crippen LogP contribution in [0.1, 0.15) is 40.5 Å². The first-order valence-electron chi connectivity index (χ1n) is 6.49. The van der Waals surface area contributed by atoms with Gasteiger partial charge in [0, 0.05) is 13.0 Å². The zero-order chi connectivity index (χ0) is 14.3. The molecule has 0 saturated heterocycles. The quantitative estimate of drug-likeness (QED) is 0.610. The van der Waals surface area contributed by atoms with Gasteiger partial charge in [-0.3, -0.25) is 9.59 Å². The Morgan fingerprint density at radius 3 is 2.17 bits per heavy atom. The molecule has 0 aliphatic rings. The molecule has 0 aliphatic carbocycles. The minimum atomic E-state index is -0.831. The minimum Gasteiger partial charge on any atom is -0.481 e. The van der Waals surface area contributed by atoms with E-state index in [1.54, 1.807) is 0 Å². The van der Waals surface area contributed by atoms with E-state index in [4.69, 9.17) is 10.8 Å². The maximum absolute atomic E-state index is 11.7. The van der Waals surface area contributed by atoms with Crippen molar-refractivity contribution in [3.63, 3.8) is 0 Å². The lowest BCUT2D eigenvalue weighted by Crippen LogP contribution is -2.45. The van der Waals surface area contributed by atoms with Crippen LogP contribution in [-0.4, -0.2) is 29.6 Å². The summed E-state index contributed by atoms with van der Waals surface area (Å²) in [7, 11) is 0. The van der Waals surface area contributed by atoms with Crippen molar-refractivity contribution >= 4 is 11.9 Å². The van der Waals surface area contributed by atoms with Gasteiger partial charge in [0.2, 0.25) is 5.91 Å². The van der Waals surface area contributed by atoms with Gasteiger partial charge in [-0.2, -0.15) is 0 Å². The molecular weight excluding hydrogens is 232 g/mol. The molecule has 0 rings (SSSR count). The molecule has 0 aliphatic heterocycles. The van der Waals surface area contributed by atoms with E-state index in [2.05, 4.69) is 5.32 Å². The van der Waals surface area contributed by atoms with E-state index >= 15 is 0 Å². The smallest absolute Gasteiger partial charge is 0.303 e. The van der Waals surface area contributed by atoms with Crippen LogP contribution in [0.5, 0.6) is 0 Å². The highest BCUT2D eigenvalue weighted by Crippen LogP contribution is 2.14. The number of nitrogens with two attached hydrogens (primary N) is 1. The van der Waals surface area contributed by atoms with E-state index in [0.717, 1.165) is 6.42 Å². The van der Waals surface area contributed by atoms with Gasteiger partial charge in [0.15, 0.2) is 0 Å². The van der Waals surface area contributed by atoms with Crippen molar-refractivity contribution in [2.24, 2.45) is 23.5 Å². The summed E-state index contributed by atoms with van der Waals surface area (Å²) in [5.74, 6) is -0.587. The summed E-state index contributed by atoms with van der Waals surface area (Å²) in [6.45, 7) is 8.22. The zero-order valence-corrected chi connectivity index (χ0v) is 11.8. The fourth-order valence-electron chi connectivity index (χ4n) is 1.82. The molecule has 0 heterocycles. The molecule has 0 saturated carbocycles. The van der Waals surface area contributed by atoms with E-state index < -0.39 is 12.0 Å². The molecule has 2 atom stereocenters. The fourth-order valence-corrected chi connectivity index (χ4v) is 1.82. The van der Waals surface area contributed by atoms with E-state index in [1.807, 2.05) is 27.7 Å². The predicted molar refractivity (Wildman–Crippen MR) is 71.0 cm³/mol. The first kappa shape index (κ1) is 16.9. The molecule has 0 spiro atoms. The van der Waals surface area contributed by atoms with Gasteiger partial charge in [-0.15, -0.1) is 0 Å². The average molecular weight is 258 g/mol. The molecule has 5 heteroatoms. The molecule has 1 unspecified atom stereocenters. The molecule has 0 aromatic heterocycles. The molecule has 0 aromatic rings. The molecule has 106 valence electrons. The molecular formula is C13H26N2O3. The number of carboxylic acid groups (broad SMARTS) is 1. The maximum Gasteiger partial charge on any atom is 0.303 e. The highest BCUT2D eigenvalue weighted by atomic mass is 16.4. The van der Waals surface area contributed by atoms with Gasteiger partial charge < -0.3 is 16.2 Å². The van der Waals surface area contributed by atoms with Crippen LogP contribution in [0, 0.1) is 17.8 Å². The topological polar surface area (TPSA) is 92.4 Å². The average Bonchev–Trinajstić information content (AvgIpc) is 2.22. The highest BCUT2D eigenvalue weighted by molar-refractivity contribution is 5.81. The second-order valence-electron chi connectivity index (χ2n) is 5.61. The Balaban J connectivity index is 4.24. The number of carbonyl (C=O) groups excluding carboxylic acids is 1. The zero-order valence-electron chi connectivity index (χ0n) is 11.8. The summed E-state index contributed by atoms with van der Waals surface area (Å²) < 4.78 is 0. The Kier molecular flexibility index (Phi) is 7.59. The third-order valence-corrected chi connectivity index (χ3v) is 2.85. The molecule has 4 N–H and O–H groups in total.